The Bertz CT molecular complexity index is 171. The van der Waals surface area contributed by atoms with Crippen LogP contribution in [0.2, 0.25) is 0 Å². The van der Waals surface area contributed by atoms with E-state index in [9.17, 15) is 0 Å². The Morgan fingerprint density at radius 3 is 2.67 bits per heavy atom. The predicted octanol–water partition coefficient (Wildman–Crippen LogP) is 3.49. The summed E-state index contributed by atoms with van der Waals surface area (Å²) in [6.45, 7) is 7.89. The minimum atomic E-state index is 0.380. The molecule has 2 atom stereocenters. The van der Waals surface area contributed by atoms with Crippen LogP contribution in [0.25, 0.3) is 0 Å². The largest absolute Gasteiger partial charge is 0.377 e. The van der Waals surface area contributed by atoms with E-state index in [1.165, 1.54) is 24.3 Å². The van der Waals surface area contributed by atoms with E-state index in [1.54, 1.807) is 0 Å². The fourth-order valence-corrected chi connectivity index (χ4v) is 4.11. The summed E-state index contributed by atoms with van der Waals surface area (Å²) < 4.78 is 5.61. The number of hydrogen-bond acceptors (Lipinski definition) is 3. The Labute approximate surface area is 104 Å². The zero-order valence-corrected chi connectivity index (χ0v) is 11.9. The molecule has 0 aromatic heterocycles. The van der Waals surface area contributed by atoms with Crippen LogP contribution in [-0.4, -0.2) is 30.0 Å². The number of hydrogen-bond donors (Lipinski definition) is 1. The van der Waals surface area contributed by atoms with Gasteiger partial charge in [0.15, 0.2) is 0 Å². The van der Waals surface area contributed by atoms with Crippen LogP contribution < -0.4 is 0 Å². The van der Waals surface area contributed by atoms with Gasteiger partial charge in [-0.15, -0.1) is 0 Å². The second kappa shape index (κ2) is 6.41. The molecule has 0 aromatic rings. The van der Waals surface area contributed by atoms with Crippen LogP contribution in [-0.2, 0) is 4.74 Å². The molecule has 0 bridgehead atoms. The van der Waals surface area contributed by atoms with Crippen molar-refractivity contribution in [3.8, 4) is 0 Å². The van der Waals surface area contributed by atoms with Crippen LogP contribution in [0.3, 0.4) is 0 Å². The summed E-state index contributed by atoms with van der Waals surface area (Å²) in [5, 5.41) is 0. The van der Waals surface area contributed by atoms with Crippen molar-refractivity contribution in [1.29, 1.82) is 0 Å². The summed E-state index contributed by atoms with van der Waals surface area (Å²) in [6.07, 6.45) is 3.03. The van der Waals surface area contributed by atoms with Gasteiger partial charge in [-0.2, -0.15) is 24.4 Å². The highest BCUT2D eigenvalue weighted by atomic mass is 32.2. The van der Waals surface area contributed by atoms with Crippen LogP contribution in [0.1, 0.15) is 33.6 Å². The zero-order chi connectivity index (χ0) is 11.3. The molecule has 0 N–H and O–H groups in total. The molecule has 1 aliphatic heterocycles. The van der Waals surface area contributed by atoms with Crippen LogP contribution in [0.15, 0.2) is 0 Å². The molecular weight excluding hydrogens is 224 g/mol. The van der Waals surface area contributed by atoms with Crippen molar-refractivity contribution in [2.75, 3.05) is 23.9 Å². The third kappa shape index (κ3) is 5.01. The highest BCUT2D eigenvalue weighted by molar-refractivity contribution is 7.99. The average molecular weight is 248 g/mol. The first kappa shape index (κ1) is 13.7. The summed E-state index contributed by atoms with van der Waals surface area (Å²) in [7, 11) is 0. The van der Waals surface area contributed by atoms with E-state index in [2.05, 4.69) is 33.4 Å². The standard InChI is InChI=1S/C12H24OS2/c1-12(2,3)10(7-14)8-15-9-11-5-4-6-13-11/h10-11,14H,4-9H2,1-3H3. The van der Waals surface area contributed by atoms with Gasteiger partial charge in [0.25, 0.3) is 0 Å². The molecule has 0 spiro atoms. The third-order valence-electron chi connectivity index (χ3n) is 3.09. The molecule has 0 radical (unpaired) electrons. The van der Waals surface area contributed by atoms with Gasteiger partial charge in [-0.1, -0.05) is 20.8 Å². The van der Waals surface area contributed by atoms with E-state index in [4.69, 9.17) is 4.74 Å². The second-order valence-electron chi connectivity index (χ2n) is 5.42. The SMILES string of the molecule is CC(C)(C)C(CS)CSCC1CCCO1. The molecular formula is C12H24OS2. The maximum absolute atomic E-state index is 5.61. The summed E-state index contributed by atoms with van der Waals surface area (Å²) >= 11 is 6.48. The second-order valence-corrected chi connectivity index (χ2v) is 6.86. The van der Waals surface area contributed by atoms with Gasteiger partial charge in [-0.05, 0) is 35.7 Å². The van der Waals surface area contributed by atoms with Crippen LogP contribution in [0, 0.1) is 11.3 Å². The number of ether oxygens (including phenoxy) is 1. The minimum Gasteiger partial charge on any atom is -0.377 e. The number of thioether (sulfide) groups is 1. The van der Waals surface area contributed by atoms with Crippen molar-refractivity contribution in [2.45, 2.75) is 39.7 Å². The Morgan fingerprint density at radius 2 is 2.20 bits per heavy atom. The molecule has 0 aromatic carbocycles. The van der Waals surface area contributed by atoms with E-state index >= 15 is 0 Å². The Hall–Kier alpha value is 0.660. The van der Waals surface area contributed by atoms with Gasteiger partial charge in [0.2, 0.25) is 0 Å². The van der Waals surface area contributed by atoms with E-state index in [-0.39, 0.29) is 0 Å². The normalized spacial score (nSPS) is 24.4. The van der Waals surface area contributed by atoms with Crippen molar-refractivity contribution < 1.29 is 4.74 Å². The Morgan fingerprint density at radius 1 is 1.47 bits per heavy atom. The van der Waals surface area contributed by atoms with E-state index in [1.807, 2.05) is 11.8 Å². The maximum Gasteiger partial charge on any atom is 0.0666 e. The molecule has 1 nitrogen and oxygen atoms in total. The third-order valence-corrected chi connectivity index (χ3v) is 4.78. The molecule has 1 saturated heterocycles. The van der Waals surface area contributed by atoms with Gasteiger partial charge in [0, 0.05) is 12.4 Å². The molecule has 0 amide bonds. The summed E-state index contributed by atoms with van der Waals surface area (Å²) in [5.74, 6) is 4.07. The van der Waals surface area contributed by atoms with Gasteiger partial charge in [-0.25, -0.2) is 0 Å². The monoisotopic (exact) mass is 248 g/mol. The number of rotatable bonds is 5. The van der Waals surface area contributed by atoms with Crippen LogP contribution in [0.5, 0.6) is 0 Å². The molecule has 2 unspecified atom stereocenters. The first-order valence-electron chi connectivity index (χ1n) is 5.84. The zero-order valence-electron chi connectivity index (χ0n) is 10.2. The van der Waals surface area contributed by atoms with Crippen LogP contribution in [0.4, 0.5) is 0 Å². The van der Waals surface area contributed by atoms with Crippen molar-refractivity contribution in [2.24, 2.45) is 11.3 Å². The predicted molar refractivity (Wildman–Crippen MR) is 73.1 cm³/mol. The van der Waals surface area contributed by atoms with Crippen LogP contribution >= 0.6 is 24.4 Å². The fourth-order valence-electron chi connectivity index (χ4n) is 1.69. The van der Waals surface area contributed by atoms with Gasteiger partial charge in [0.05, 0.1) is 6.10 Å². The average Bonchev–Trinajstić information content (AvgIpc) is 2.62. The minimum absolute atomic E-state index is 0.380. The van der Waals surface area contributed by atoms with Crippen molar-refractivity contribution in [3.63, 3.8) is 0 Å². The van der Waals surface area contributed by atoms with E-state index in [0.717, 1.165) is 12.4 Å². The summed E-state index contributed by atoms with van der Waals surface area (Å²) in [4.78, 5) is 0. The lowest BCUT2D eigenvalue weighted by Gasteiger charge is -2.29. The van der Waals surface area contributed by atoms with E-state index in [0.29, 0.717) is 17.4 Å². The lowest BCUT2D eigenvalue weighted by atomic mass is 9.83. The molecule has 0 saturated carbocycles. The summed E-state index contributed by atoms with van der Waals surface area (Å²) in [5.41, 5.74) is 0.380. The fraction of sp³-hybridized carbons (Fsp3) is 1.00. The molecule has 0 aliphatic carbocycles. The molecule has 1 aliphatic rings. The molecule has 1 rings (SSSR count). The molecule has 1 fully saturated rings. The quantitative estimate of drug-likeness (QED) is 0.746. The smallest absolute Gasteiger partial charge is 0.0666 e. The highest BCUT2D eigenvalue weighted by Crippen LogP contribution is 2.30. The Kier molecular flexibility index (Phi) is 5.86. The molecule has 3 heteroatoms. The number of thiol groups is 1. The highest BCUT2D eigenvalue weighted by Gasteiger charge is 2.24. The van der Waals surface area contributed by atoms with Crippen molar-refractivity contribution >= 4 is 24.4 Å². The van der Waals surface area contributed by atoms with Gasteiger partial charge in [-0.3, -0.25) is 0 Å². The lowest BCUT2D eigenvalue weighted by Crippen LogP contribution is -2.25. The first-order chi connectivity index (χ1) is 7.04. The molecule has 1 heterocycles. The lowest BCUT2D eigenvalue weighted by molar-refractivity contribution is 0.128. The van der Waals surface area contributed by atoms with Crippen molar-refractivity contribution in [3.05, 3.63) is 0 Å². The topological polar surface area (TPSA) is 9.23 Å². The maximum atomic E-state index is 5.61. The van der Waals surface area contributed by atoms with Gasteiger partial charge in [0.1, 0.15) is 0 Å². The Balaban J connectivity index is 2.16. The molecule has 90 valence electrons. The first-order valence-corrected chi connectivity index (χ1v) is 7.63. The summed E-state index contributed by atoms with van der Waals surface area (Å²) in [6, 6.07) is 0. The van der Waals surface area contributed by atoms with Crippen molar-refractivity contribution in [1.82, 2.24) is 0 Å². The van der Waals surface area contributed by atoms with Gasteiger partial charge >= 0.3 is 0 Å². The molecule has 15 heavy (non-hydrogen) atoms. The van der Waals surface area contributed by atoms with Gasteiger partial charge < -0.3 is 4.74 Å². The van der Waals surface area contributed by atoms with E-state index < -0.39 is 0 Å².